The highest BCUT2D eigenvalue weighted by Crippen LogP contribution is 2.29. The van der Waals surface area contributed by atoms with E-state index >= 15 is 0 Å². The molecule has 0 radical (unpaired) electrons. The van der Waals surface area contributed by atoms with Gasteiger partial charge in [-0.05, 0) is 49.1 Å². The number of ether oxygens (including phenoxy) is 3. The van der Waals surface area contributed by atoms with Crippen molar-refractivity contribution in [1.82, 2.24) is 24.1 Å². The Morgan fingerprint density at radius 3 is 2.58 bits per heavy atom. The van der Waals surface area contributed by atoms with Gasteiger partial charge in [0.1, 0.15) is 10.9 Å². The summed E-state index contributed by atoms with van der Waals surface area (Å²) in [5.41, 5.74) is 4.31. The van der Waals surface area contributed by atoms with Gasteiger partial charge in [-0.2, -0.15) is 0 Å². The molecule has 184 valence electrons. The van der Waals surface area contributed by atoms with Crippen molar-refractivity contribution in [2.75, 3.05) is 20.8 Å². The Kier molecular flexibility index (Phi) is 5.77. The van der Waals surface area contributed by atoms with E-state index in [1.54, 1.807) is 25.1 Å². The van der Waals surface area contributed by atoms with E-state index in [9.17, 15) is 4.79 Å². The molecule has 0 spiro atoms. The summed E-state index contributed by atoms with van der Waals surface area (Å²) in [5, 5.41) is 0.496. The van der Waals surface area contributed by atoms with E-state index in [2.05, 4.69) is 0 Å². The second-order valence-corrected chi connectivity index (χ2v) is 9.01. The van der Waals surface area contributed by atoms with Gasteiger partial charge in [0.15, 0.2) is 22.8 Å². The standard InChI is InChI=1S/C27H27N5O4/c1-34-21-10-9-17(14-22(21)35-2)11-12-32-25-23(24-26(32)30-20-8-4-3-7-19(20)29-24)27(33)31(16-28-25)15-18-6-5-13-36-18/h3-4,7-10,14,16,18H,5-6,11-13,15H2,1-2H3/t18-/m1/s1. The Morgan fingerprint density at radius 1 is 1.03 bits per heavy atom. The zero-order chi connectivity index (χ0) is 24.6. The van der Waals surface area contributed by atoms with Crippen LogP contribution in [-0.2, 0) is 24.2 Å². The van der Waals surface area contributed by atoms with Crippen LogP contribution in [0.25, 0.3) is 33.2 Å². The van der Waals surface area contributed by atoms with E-state index in [1.165, 1.54) is 0 Å². The number of hydrogen-bond acceptors (Lipinski definition) is 7. The van der Waals surface area contributed by atoms with Crippen LogP contribution in [0.15, 0.2) is 53.6 Å². The molecule has 0 bridgehead atoms. The van der Waals surface area contributed by atoms with Crippen LogP contribution in [0.3, 0.4) is 0 Å². The average molecular weight is 486 g/mol. The fourth-order valence-electron chi connectivity index (χ4n) is 4.97. The second kappa shape index (κ2) is 9.23. The van der Waals surface area contributed by atoms with Crippen LogP contribution in [0.4, 0.5) is 0 Å². The highest BCUT2D eigenvalue weighted by molar-refractivity contribution is 6.04. The van der Waals surface area contributed by atoms with Crippen molar-refractivity contribution in [3.05, 3.63) is 64.7 Å². The van der Waals surface area contributed by atoms with Gasteiger partial charge in [0.2, 0.25) is 0 Å². The van der Waals surface area contributed by atoms with Crippen molar-refractivity contribution in [3.8, 4) is 11.5 Å². The van der Waals surface area contributed by atoms with Crippen LogP contribution in [-0.4, -0.2) is 51.0 Å². The summed E-state index contributed by atoms with van der Waals surface area (Å²) in [6.07, 6.45) is 4.31. The quantitative estimate of drug-likeness (QED) is 0.347. The number of hydrogen-bond donors (Lipinski definition) is 0. The van der Waals surface area contributed by atoms with E-state index in [4.69, 9.17) is 29.2 Å². The lowest BCUT2D eigenvalue weighted by molar-refractivity contribution is 0.0960. The minimum absolute atomic E-state index is 0.0345. The maximum Gasteiger partial charge on any atom is 0.265 e. The molecule has 9 nitrogen and oxygen atoms in total. The number of benzene rings is 2. The number of rotatable bonds is 7. The van der Waals surface area contributed by atoms with Gasteiger partial charge in [-0.25, -0.2) is 15.0 Å². The average Bonchev–Trinajstić information content (AvgIpc) is 3.53. The van der Waals surface area contributed by atoms with Gasteiger partial charge in [0.25, 0.3) is 5.56 Å². The Labute approximate surface area is 207 Å². The number of para-hydroxylation sites is 2. The van der Waals surface area contributed by atoms with Crippen LogP contribution in [0.2, 0.25) is 0 Å². The lowest BCUT2D eigenvalue weighted by Crippen LogP contribution is -2.26. The Bertz CT molecular complexity index is 1630. The SMILES string of the molecule is COc1ccc(CCn2c3nc4ccccc4nc3c3c(=O)n(C[C@H]4CCCO4)cnc32)cc1OC. The molecule has 3 aromatic heterocycles. The predicted molar refractivity (Wildman–Crippen MR) is 137 cm³/mol. The number of aromatic nitrogens is 5. The molecule has 1 saturated heterocycles. The van der Waals surface area contributed by atoms with E-state index < -0.39 is 0 Å². The molecule has 0 N–H and O–H groups in total. The molecular weight excluding hydrogens is 458 g/mol. The summed E-state index contributed by atoms with van der Waals surface area (Å²) in [6, 6.07) is 13.6. The first-order valence-electron chi connectivity index (χ1n) is 12.1. The minimum atomic E-state index is -0.116. The molecule has 2 aromatic carbocycles. The molecule has 0 saturated carbocycles. The zero-order valence-electron chi connectivity index (χ0n) is 20.3. The third-order valence-electron chi connectivity index (χ3n) is 6.81. The van der Waals surface area contributed by atoms with Gasteiger partial charge in [-0.1, -0.05) is 18.2 Å². The summed E-state index contributed by atoms with van der Waals surface area (Å²) < 4.78 is 20.2. The van der Waals surface area contributed by atoms with Crippen molar-refractivity contribution in [2.24, 2.45) is 0 Å². The summed E-state index contributed by atoms with van der Waals surface area (Å²) in [4.78, 5) is 28.2. The molecule has 0 aliphatic carbocycles. The molecule has 6 rings (SSSR count). The summed E-state index contributed by atoms with van der Waals surface area (Å²) in [5.74, 6) is 1.36. The van der Waals surface area contributed by atoms with Gasteiger partial charge in [-0.3, -0.25) is 9.36 Å². The van der Waals surface area contributed by atoms with E-state index in [-0.39, 0.29) is 11.7 Å². The van der Waals surface area contributed by atoms with Gasteiger partial charge in [-0.15, -0.1) is 0 Å². The van der Waals surface area contributed by atoms with Crippen molar-refractivity contribution in [3.63, 3.8) is 0 Å². The zero-order valence-corrected chi connectivity index (χ0v) is 20.3. The van der Waals surface area contributed by atoms with Crippen LogP contribution in [0.1, 0.15) is 18.4 Å². The minimum Gasteiger partial charge on any atom is -0.493 e. The van der Waals surface area contributed by atoms with Gasteiger partial charge in [0.05, 0.1) is 44.2 Å². The monoisotopic (exact) mass is 485 g/mol. The van der Waals surface area contributed by atoms with Crippen molar-refractivity contribution in [2.45, 2.75) is 38.5 Å². The van der Waals surface area contributed by atoms with Crippen LogP contribution in [0, 0.1) is 0 Å². The molecule has 4 heterocycles. The van der Waals surface area contributed by atoms with Crippen molar-refractivity contribution < 1.29 is 14.2 Å². The molecule has 0 unspecified atom stereocenters. The Morgan fingerprint density at radius 2 is 1.83 bits per heavy atom. The number of methoxy groups -OCH3 is 2. The highest BCUT2D eigenvalue weighted by Gasteiger charge is 2.22. The molecule has 0 amide bonds. The smallest absolute Gasteiger partial charge is 0.265 e. The third kappa shape index (κ3) is 3.85. The third-order valence-corrected chi connectivity index (χ3v) is 6.81. The Hall–Kier alpha value is -3.98. The molecule has 36 heavy (non-hydrogen) atoms. The highest BCUT2D eigenvalue weighted by atomic mass is 16.5. The van der Waals surface area contributed by atoms with Crippen molar-refractivity contribution in [1.29, 1.82) is 0 Å². The molecule has 1 aliphatic heterocycles. The summed E-state index contributed by atoms with van der Waals surface area (Å²) in [6.45, 7) is 1.80. The number of fused-ring (bicyclic) bond motifs is 4. The maximum atomic E-state index is 13.7. The fraction of sp³-hybridized carbons (Fsp3) is 0.333. The number of aryl methyl sites for hydroxylation is 2. The normalized spacial score (nSPS) is 15.8. The van der Waals surface area contributed by atoms with E-state index in [1.807, 2.05) is 47.0 Å². The predicted octanol–water partition coefficient (Wildman–Crippen LogP) is 3.73. The van der Waals surface area contributed by atoms with Gasteiger partial charge in [0, 0.05) is 13.2 Å². The fourth-order valence-corrected chi connectivity index (χ4v) is 4.97. The molecule has 5 aromatic rings. The molecule has 1 atom stereocenters. The molecule has 1 aliphatic rings. The largest absolute Gasteiger partial charge is 0.493 e. The second-order valence-electron chi connectivity index (χ2n) is 9.01. The Balaban J connectivity index is 1.47. The lowest BCUT2D eigenvalue weighted by atomic mass is 10.1. The maximum absolute atomic E-state index is 13.7. The van der Waals surface area contributed by atoms with Gasteiger partial charge >= 0.3 is 0 Å². The first-order valence-corrected chi connectivity index (χ1v) is 12.1. The molecule has 1 fully saturated rings. The van der Waals surface area contributed by atoms with E-state index in [0.717, 1.165) is 36.0 Å². The van der Waals surface area contributed by atoms with Gasteiger partial charge < -0.3 is 18.8 Å². The van der Waals surface area contributed by atoms with Crippen molar-refractivity contribution >= 4 is 33.2 Å². The van der Waals surface area contributed by atoms with Crippen LogP contribution in [0.5, 0.6) is 11.5 Å². The lowest BCUT2D eigenvalue weighted by Gasteiger charge is -2.12. The molecular formula is C27H27N5O4. The summed E-state index contributed by atoms with van der Waals surface area (Å²) in [7, 11) is 3.25. The van der Waals surface area contributed by atoms with Crippen LogP contribution >= 0.6 is 0 Å². The number of nitrogens with zero attached hydrogens (tertiary/aromatic N) is 5. The molecule has 9 heteroatoms. The first kappa shape index (κ1) is 22.5. The topological polar surface area (TPSA) is 93.3 Å². The van der Waals surface area contributed by atoms with Crippen LogP contribution < -0.4 is 15.0 Å². The summed E-state index contributed by atoms with van der Waals surface area (Å²) >= 11 is 0. The first-order chi connectivity index (χ1) is 17.7. The van der Waals surface area contributed by atoms with E-state index in [0.29, 0.717) is 53.2 Å².